The lowest BCUT2D eigenvalue weighted by atomic mass is 10.2. The molecule has 0 N–H and O–H groups in total. The number of carbonyl (C=O) groups excluding carboxylic acids is 1. The van der Waals surface area contributed by atoms with Gasteiger partial charge in [-0.15, -0.1) is 0 Å². The van der Waals surface area contributed by atoms with Crippen LogP contribution < -0.4 is 9.64 Å². The number of halogens is 3. The summed E-state index contributed by atoms with van der Waals surface area (Å²) in [5, 5.41) is 0.805. The molecule has 2 aromatic rings. The average molecular weight is 388 g/mol. The molecule has 21 heavy (non-hydrogen) atoms. The largest absolute Gasteiger partial charge is 0.482 e. The van der Waals surface area contributed by atoms with Crippen LogP contribution in [0.2, 0.25) is 10.2 Å². The number of nitrogens with zero attached hydrogens (tertiary/aromatic N) is 2. The molecule has 0 saturated heterocycles. The maximum atomic E-state index is 12.2. The first-order valence-electron chi connectivity index (χ1n) is 6.08. The van der Waals surface area contributed by atoms with E-state index in [2.05, 4.69) is 20.9 Å². The number of fused-ring (bicyclic) bond motifs is 1. The van der Waals surface area contributed by atoms with E-state index in [1.54, 1.807) is 17.0 Å². The molecule has 2 heterocycles. The Hall–Kier alpha value is -1.30. The third-order valence-electron chi connectivity index (χ3n) is 3.06. The Morgan fingerprint density at radius 2 is 2.10 bits per heavy atom. The predicted octanol–water partition coefficient (Wildman–Crippen LogP) is 4.08. The van der Waals surface area contributed by atoms with Gasteiger partial charge in [0.25, 0.3) is 5.91 Å². The van der Waals surface area contributed by atoms with Crippen LogP contribution in [0.25, 0.3) is 0 Å². The van der Waals surface area contributed by atoms with Crippen molar-refractivity contribution in [3.05, 3.63) is 50.7 Å². The van der Waals surface area contributed by atoms with Crippen LogP contribution in [0.4, 0.5) is 5.69 Å². The Bertz CT molecular complexity index is 724. The number of anilines is 1. The molecule has 1 amide bonds. The number of amides is 1. The lowest BCUT2D eigenvalue weighted by molar-refractivity contribution is -0.121. The summed E-state index contributed by atoms with van der Waals surface area (Å²) in [6, 6.07) is 8.77. The normalized spacial score (nSPS) is 13.9. The summed E-state index contributed by atoms with van der Waals surface area (Å²) in [4.78, 5) is 17.9. The number of pyridine rings is 1. The number of ether oxygens (including phenoxy) is 1. The molecule has 0 fully saturated rings. The van der Waals surface area contributed by atoms with Gasteiger partial charge in [-0.05, 0) is 30.3 Å². The molecule has 0 saturated carbocycles. The number of aromatic nitrogens is 1. The Labute approximate surface area is 139 Å². The molecule has 1 aliphatic heterocycles. The zero-order valence-corrected chi connectivity index (χ0v) is 13.7. The topological polar surface area (TPSA) is 42.4 Å². The zero-order chi connectivity index (χ0) is 15.0. The van der Waals surface area contributed by atoms with Gasteiger partial charge in [0.15, 0.2) is 6.61 Å². The molecule has 0 spiro atoms. The molecule has 1 aromatic heterocycles. The number of hydrogen-bond donors (Lipinski definition) is 0. The predicted molar refractivity (Wildman–Crippen MR) is 85.1 cm³/mol. The Kier molecular flexibility index (Phi) is 4.06. The number of hydrogen-bond acceptors (Lipinski definition) is 3. The highest BCUT2D eigenvalue weighted by atomic mass is 79.9. The van der Waals surface area contributed by atoms with Crippen LogP contribution in [0.5, 0.6) is 5.75 Å². The van der Waals surface area contributed by atoms with E-state index in [4.69, 9.17) is 27.9 Å². The summed E-state index contributed by atoms with van der Waals surface area (Å²) >= 11 is 15.4. The highest BCUT2D eigenvalue weighted by Crippen LogP contribution is 2.35. The molecule has 4 nitrogen and oxygen atoms in total. The second-order valence-electron chi connectivity index (χ2n) is 4.44. The first-order chi connectivity index (χ1) is 10.0. The van der Waals surface area contributed by atoms with Crippen LogP contribution in [0.3, 0.4) is 0 Å². The van der Waals surface area contributed by atoms with Gasteiger partial charge in [-0.2, -0.15) is 0 Å². The Balaban J connectivity index is 2.00. The van der Waals surface area contributed by atoms with Gasteiger partial charge >= 0.3 is 0 Å². The van der Waals surface area contributed by atoms with Gasteiger partial charge in [0.1, 0.15) is 10.9 Å². The van der Waals surface area contributed by atoms with Crippen LogP contribution >= 0.6 is 39.1 Å². The van der Waals surface area contributed by atoms with Crippen molar-refractivity contribution >= 4 is 50.7 Å². The molecule has 7 heteroatoms. The first kappa shape index (κ1) is 14.6. The van der Waals surface area contributed by atoms with E-state index < -0.39 is 0 Å². The van der Waals surface area contributed by atoms with E-state index in [-0.39, 0.29) is 19.1 Å². The minimum atomic E-state index is -0.154. The van der Waals surface area contributed by atoms with Crippen LogP contribution in [0.15, 0.2) is 34.8 Å². The van der Waals surface area contributed by atoms with Gasteiger partial charge in [0, 0.05) is 4.47 Å². The third kappa shape index (κ3) is 3.00. The van der Waals surface area contributed by atoms with Crippen molar-refractivity contribution in [2.45, 2.75) is 6.54 Å². The fourth-order valence-electron chi connectivity index (χ4n) is 2.07. The molecule has 0 atom stereocenters. The Morgan fingerprint density at radius 3 is 2.90 bits per heavy atom. The maximum absolute atomic E-state index is 12.2. The zero-order valence-electron chi connectivity index (χ0n) is 10.6. The average Bonchev–Trinajstić information content (AvgIpc) is 2.46. The van der Waals surface area contributed by atoms with Crippen molar-refractivity contribution in [2.75, 3.05) is 11.5 Å². The minimum absolute atomic E-state index is 0.00713. The third-order valence-corrected chi connectivity index (χ3v) is 4.10. The summed E-state index contributed by atoms with van der Waals surface area (Å²) in [6.45, 7) is 0.234. The maximum Gasteiger partial charge on any atom is 0.265 e. The van der Waals surface area contributed by atoms with Crippen LogP contribution in [-0.4, -0.2) is 17.5 Å². The van der Waals surface area contributed by atoms with Crippen molar-refractivity contribution in [3.63, 3.8) is 0 Å². The van der Waals surface area contributed by atoms with Gasteiger partial charge in [-0.3, -0.25) is 9.69 Å². The molecule has 1 aromatic carbocycles. The van der Waals surface area contributed by atoms with E-state index in [0.717, 1.165) is 4.47 Å². The highest BCUT2D eigenvalue weighted by Gasteiger charge is 2.26. The van der Waals surface area contributed by atoms with Gasteiger partial charge in [0.2, 0.25) is 0 Å². The summed E-state index contributed by atoms with van der Waals surface area (Å²) in [5.74, 6) is 0.495. The van der Waals surface area contributed by atoms with Gasteiger partial charge in [0.05, 0.1) is 22.9 Å². The standard InChI is InChI=1S/C14H9BrCl2N2O2/c15-8-1-3-12-11(5-8)19(14(20)7-21-12)6-10-9(16)2-4-13(17)18-10/h1-5H,6-7H2. The fraction of sp³-hybridized carbons (Fsp3) is 0.143. The van der Waals surface area contributed by atoms with Crippen LogP contribution in [0, 0.1) is 0 Å². The SMILES string of the molecule is O=C1COc2ccc(Br)cc2N1Cc1nc(Cl)ccc1Cl. The van der Waals surface area contributed by atoms with Crippen molar-refractivity contribution in [2.24, 2.45) is 0 Å². The van der Waals surface area contributed by atoms with E-state index in [0.29, 0.717) is 27.3 Å². The summed E-state index contributed by atoms with van der Waals surface area (Å²) in [5.41, 5.74) is 1.23. The van der Waals surface area contributed by atoms with E-state index in [9.17, 15) is 4.79 Å². The first-order valence-corrected chi connectivity index (χ1v) is 7.63. The van der Waals surface area contributed by atoms with Crippen molar-refractivity contribution < 1.29 is 9.53 Å². The quantitative estimate of drug-likeness (QED) is 0.729. The van der Waals surface area contributed by atoms with Crippen molar-refractivity contribution in [1.29, 1.82) is 0 Å². The van der Waals surface area contributed by atoms with Crippen LogP contribution in [-0.2, 0) is 11.3 Å². The number of benzene rings is 1. The van der Waals surface area contributed by atoms with Gasteiger partial charge < -0.3 is 4.74 Å². The molecule has 108 valence electrons. The molecule has 1 aliphatic rings. The second-order valence-corrected chi connectivity index (χ2v) is 6.15. The van der Waals surface area contributed by atoms with Crippen molar-refractivity contribution in [1.82, 2.24) is 4.98 Å². The molecule has 0 radical (unpaired) electrons. The van der Waals surface area contributed by atoms with Crippen molar-refractivity contribution in [3.8, 4) is 5.75 Å². The molecular weight excluding hydrogens is 379 g/mol. The van der Waals surface area contributed by atoms with E-state index in [1.165, 1.54) is 0 Å². The lowest BCUT2D eigenvalue weighted by Crippen LogP contribution is -2.38. The van der Waals surface area contributed by atoms with E-state index >= 15 is 0 Å². The molecule has 0 aliphatic carbocycles. The molecule has 0 bridgehead atoms. The van der Waals surface area contributed by atoms with E-state index in [1.807, 2.05) is 18.2 Å². The fourth-order valence-corrected chi connectivity index (χ4v) is 2.75. The molecule has 0 unspecified atom stereocenters. The summed E-state index contributed by atoms with van der Waals surface area (Å²) < 4.78 is 6.28. The minimum Gasteiger partial charge on any atom is -0.482 e. The highest BCUT2D eigenvalue weighted by molar-refractivity contribution is 9.10. The Morgan fingerprint density at radius 1 is 1.29 bits per heavy atom. The summed E-state index contributed by atoms with van der Waals surface area (Å²) in [7, 11) is 0. The smallest absolute Gasteiger partial charge is 0.265 e. The number of rotatable bonds is 2. The van der Waals surface area contributed by atoms with Gasteiger partial charge in [-0.25, -0.2) is 4.98 Å². The van der Waals surface area contributed by atoms with Crippen LogP contribution in [0.1, 0.15) is 5.69 Å². The molecule has 3 rings (SSSR count). The summed E-state index contributed by atoms with van der Waals surface area (Å²) in [6.07, 6.45) is 0. The lowest BCUT2D eigenvalue weighted by Gasteiger charge is -2.29. The number of carbonyl (C=O) groups is 1. The monoisotopic (exact) mass is 386 g/mol. The second kappa shape index (κ2) is 5.83. The van der Waals surface area contributed by atoms with Gasteiger partial charge in [-0.1, -0.05) is 39.1 Å². The molecular formula is C14H9BrCl2N2O2.